The number of hydrogen-bond acceptors (Lipinski definition) is 2. The quantitative estimate of drug-likeness (QED) is 0.634. The van der Waals surface area contributed by atoms with Crippen molar-refractivity contribution >= 4 is 17.7 Å². The minimum atomic E-state index is 0.109. The topological polar surface area (TPSA) is 29.1 Å². The van der Waals surface area contributed by atoms with Gasteiger partial charge in [0.2, 0.25) is 5.91 Å². The van der Waals surface area contributed by atoms with Crippen molar-refractivity contribution in [1.82, 2.24) is 5.32 Å². The van der Waals surface area contributed by atoms with Crippen molar-refractivity contribution in [3.63, 3.8) is 0 Å². The Labute approximate surface area is 150 Å². The third-order valence-electron chi connectivity index (χ3n) is 3.83. The Kier molecular flexibility index (Phi) is 7.90. The second-order valence-electron chi connectivity index (χ2n) is 6.45. The molecule has 3 heteroatoms. The van der Waals surface area contributed by atoms with Crippen molar-refractivity contribution in [3.8, 4) is 0 Å². The number of carbonyl (C=O) groups excluding carboxylic acids is 1. The third kappa shape index (κ3) is 6.79. The van der Waals surface area contributed by atoms with Gasteiger partial charge in [-0.05, 0) is 23.5 Å². The first kappa shape index (κ1) is 18.6. The fraction of sp³-hybridized carbons (Fsp3) is 0.381. The van der Waals surface area contributed by atoms with Crippen LogP contribution in [0, 0.1) is 5.92 Å². The molecule has 0 heterocycles. The van der Waals surface area contributed by atoms with E-state index in [9.17, 15) is 4.79 Å². The maximum Gasteiger partial charge on any atom is 0.221 e. The number of thioether (sulfide) groups is 1. The van der Waals surface area contributed by atoms with Gasteiger partial charge in [0.05, 0.1) is 6.04 Å². The number of nitrogens with one attached hydrogen (secondary N) is 1. The molecule has 0 saturated heterocycles. The molecule has 1 atom stereocenters. The maximum absolute atomic E-state index is 12.3. The molecule has 0 unspecified atom stereocenters. The molecule has 1 amide bonds. The van der Waals surface area contributed by atoms with Crippen LogP contribution in [0.15, 0.2) is 60.7 Å². The molecule has 0 spiro atoms. The zero-order valence-electron chi connectivity index (χ0n) is 14.6. The lowest BCUT2D eigenvalue weighted by Gasteiger charge is -2.21. The Bertz CT molecular complexity index is 598. The SMILES string of the molecule is CC(C)C[C@H](NC(=O)CCSCc1ccccc1)c1ccccc1. The third-order valence-corrected chi connectivity index (χ3v) is 4.86. The molecule has 2 aromatic rings. The Hall–Kier alpha value is -1.74. The zero-order valence-corrected chi connectivity index (χ0v) is 15.4. The van der Waals surface area contributed by atoms with Crippen molar-refractivity contribution in [2.24, 2.45) is 5.92 Å². The molecule has 0 radical (unpaired) electrons. The van der Waals surface area contributed by atoms with Crippen LogP contribution in [0.1, 0.15) is 43.9 Å². The van der Waals surface area contributed by atoms with Crippen LogP contribution in [-0.4, -0.2) is 11.7 Å². The van der Waals surface area contributed by atoms with E-state index in [0.717, 1.165) is 17.9 Å². The van der Waals surface area contributed by atoms with E-state index < -0.39 is 0 Å². The molecule has 0 aliphatic heterocycles. The molecule has 0 fully saturated rings. The van der Waals surface area contributed by atoms with E-state index >= 15 is 0 Å². The molecule has 2 rings (SSSR count). The number of rotatable bonds is 9. The van der Waals surface area contributed by atoms with E-state index in [2.05, 4.69) is 55.6 Å². The van der Waals surface area contributed by atoms with Crippen molar-refractivity contribution in [2.45, 2.75) is 38.5 Å². The molecule has 0 saturated carbocycles. The molecule has 0 bridgehead atoms. The van der Waals surface area contributed by atoms with E-state index in [4.69, 9.17) is 0 Å². The Morgan fingerprint density at radius 2 is 1.62 bits per heavy atom. The van der Waals surface area contributed by atoms with E-state index in [1.807, 2.05) is 36.0 Å². The van der Waals surface area contributed by atoms with Crippen molar-refractivity contribution in [3.05, 3.63) is 71.8 Å². The Morgan fingerprint density at radius 3 is 2.25 bits per heavy atom. The molecule has 1 N–H and O–H groups in total. The fourth-order valence-corrected chi connectivity index (χ4v) is 3.53. The summed E-state index contributed by atoms with van der Waals surface area (Å²) in [6.45, 7) is 4.38. The first-order valence-electron chi connectivity index (χ1n) is 8.61. The van der Waals surface area contributed by atoms with Gasteiger partial charge in [0.1, 0.15) is 0 Å². The summed E-state index contributed by atoms with van der Waals surface area (Å²) in [4.78, 5) is 12.3. The molecular weight excluding hydrogens is 314 g/mol. The molecule has 2 nitrogen and oxygen atoms in total. The molecule has 0 aliphatic carbocycles. The summed E-state index contributed by atoms with van der Waals surface area (Å²) in [5.74, 6) is 2.50. The Morgan fingerprint density at radius 1 is 1.00 bits per heavy atom. The van der Waals surface area contributed by atoms with Crippen molar-refractivity contribution in [1.29, 1.82) is 0 Å². The largest absolute Gasteiger partial charge is 0.349 e. The minimum absolute atomic E-state index is 0.109. The summed E-state index contributed by atoms with van der Waals surface area (Å²) in [5, 5.41) is 3.21. The van der Waals surface area contributed by atoms with Gasteiger partial charge in [0.15, 0.2) is 0 Å². The summed E-state index contributed by atoms with van der Waals surface area (Å²) in [6, 6.07) is 20.8. The van der Waals surface area contributed by atoms with Crippen molar-refractivity contribution < 1.29 is 4.79 Å². The highest BCUT2D eigenvalue weighted by Crippen LogP contribution is 2.21. The van der Waals surface area contributed by atoms with Gasteiger partial charge in [-0.2, -0.15) is 11.8 Å². The molecule has 24 heavy (non-hydrogen) atoms. The highest BCUT2D eigenvalue weighted by atomic mass is 32.2. The summed E-state index contributed by atoms with van der Waals surface area (Å²) >= 11 is 1.81. The second kappa shape index (κ2) is 10.2. The van der Waals surface area contributed by atoms with Crippen LogP contribution < -0.4 is 5.32 Å². The van der Waals surface area contributed by atoms with Crippen LogP contribution >= 0.6 is 11.8 Å². The molecule has 0 aromatic heterocycles. The van der Waals surface area contributed by atoms with Crippen LogP contribution in [0.4, 0.5) is 0 Å². The van der Waals surface area contributed by atoms with E-state index in [1.165, 1.54) is 11.1 Å². The van der Waals surface area contributed by atoms with Gasteiger partial charge in [0, 0.05) is 17.9 Å². The van der Waals surface area contributed by atoms with Crippen LogP contribution in [-0.2, 0) is 10.5 Å². The maximum atomic E-state index is 12.3. The molecular formula is C21H27NOS. The average molecular weight is 342 g/mol. The second-order valence-corrected chi connectivity index (χ2v) is 7.55. The lowest BCUT2D eigenvalue weighted by atomic mass is 9.97. The first-order chi connectivity index (χ1) is 11.6. The van der Waals surface area contributed by atoms with E-state index in [0.29, 0.717) is 12.3 Å². The normalized spacial score (nSPS) is 12.1. The summed E-state index contributed by atoms with van der Waals surface area (Å²) in [5.41, 5.74) is 2.50. The summed E-state index contributed by atoms with van der Waals surface area (Å²) in [7, 11) is 0. The minimum Gasteiger partial charge on any atom is -0.349 e. The smallest absolute Gasteiger partial charge is 0.221 e. The highest BCUT2D eigenvalue weighted by molar-refractivity contribution is 7.98. The standard InChI is InChI=1S/C21H27NOS/c1-17(2)15-20(19-11-7-4-8-12-19)22-21(23)13-14-24-16-18-9-5-3-6-10-18/h3-12,17,20H,13-16H2,1-2H3,(H,22,23)/t20-/m0/s1. The molecule has 2 aromatic carbocycles. The summed E-state index contributed by atoms with van der Waals surface area (Å²) in [6.07, 6.45) is 1.53. The van der Waals surface area contributed by atoms with Gasteiger partial charge in [-0.1, -0.05) is 74.5 Å². The van der Waals surface area contributed by atoms with Gasteiger partial charge in [0.25, 0.3) is 0 Å². The van der Waals surface area contributed by atoms with E-state index in [1.54, 1.807) is 0 Å². The predicted octanol–water partition coefficient (Wildman–Crippen LogP) is 5.21. The van der Waals surface area contributed by atoms with Crippen LogP contribution in [0.25, 0.3) is 0 Å². The zero-order chi connectivity index (χ0) is 17.2. The van der Waals surface area contributed by atoms with Crippen LogP contribution in [0.2, 0.25) is 0 Å². The average Bonchev–Trinajstić information content (AvgIpc) is 2.59. The van der Waals surface area contributed by atoms with Crippen LogP contribution in [0.5, 0.6) is 0 Å². The molecule has 0 aliphatic rings. The summed E-state index contributed by atoms with van der Waals surface area (Å²) < 4.78 is 0. The number of carbonyl (C=O) groups is 1. The van der Waals surface area contributed by atoms with Gasteiger partial charge in [-0.3, -0.25) is 4.79 Å². The number of amides is 1. The lowest BCUT2D eigenvalue weighted by Crippen LogP contribution is -2.29. The number of hydrogen-bond donors (Lipinski definition) is 1. The van der Waals surface area contributed by atoms with Crippen molar-refractivity contribution in [2.75, 3.05) is 5.75 Å². The highest BCUT2D eigenvalue weighted by Gasteiger charge is 2.15. The molecule has 128 valence electrons. The van der Waals surface area contributed by atoms with E-state index in [-0.39, 0.29) is 11.9 Å². The van der Waals surface area contributed by atoms with Gasteiger partial charge >= 0.3 is 0 Å². The van der Waals surface area contributed by atoms with Crippen LogP contribution in [0.3, 0.4) is 0 Å². The lowest BCUT2D eigenvalue weighted by molar-refractivity contribution is -0.121. The number of benzene rings is 2. The monoisotopic (exact) mass is 341 g/mol. The Balaban J connectivity index is 1.78. The fourth-order valence-electron chi connectivity index (χ4n) is 2.63. The van der Waals surface area contributed by atoms with Gasteiger partial charge in [-0.25, -0.2) is 0 Å². The van der Waals surface area contributed by atoms with Gasteiger partial charge < -0.3 is 5.32 Å². The predicted molar refractivity (Wildman–Crippen MR) is 104 cm³/mol. The van der Waals surface area contributed by atoms with Gasteiger partial charge in [-0.15, -0.1) is 0 Å². The first-order valence-corrected chi connectivity index (χ1v) is 9.76.